The molecule has 0 aliphatic carbocycles. The molecular weight excluding hydrogens is 196 g/mol. The number of likely N-dealkylation sites (tertiary alicyclic amines) is 1. The van der Waals surface area contributed by atoms with Crippen molar-refractivity contribution in [1.29, 1.82) is 0 Å². The van der Waals surface area contributed by atoms with Gasteiger partial charge in [-0.05, 0) is 51.1 Å². The molecule has 16 heavy (non-hydrogen) atoms. The van der Waals surface area contributed by atoms with Crippen LogP contribution in [0.4, 0.5) is 0 Å². The Hall–Kier alpha value is -0.0800. The van der Waals surface area contributed by atoms with Gasteiger partial charge in [0.1, 0.15) is 0 Å². The first-order valence-electron chi connectivity index (χ1n) is 7.36. The minimum absolute atomic E-state index is 0.684. The van der Waals surface area contributed by atoms with Crippen LogP contribution in [0.1, 0.15) is 58.8 Å². The van der Waals surface area contributed by atoms with Crippen molar-refractivity contribution >= 4 is 0 Å². The van der Waals surface area contributed by atoms with E-state index in [1.54, 1.807) is 0 Å². The van der Waals surface area contributed by atoms with Gasteiger partial charge in [-0.3, -0.25) is 4.90 Å². The van der Waals surface area contributed by atoms with Crippen molar-refractivity contribution in [3.8, 4) is 0 Å². The SMILES string of the molecule is CCC1CCCNC1N1CCCCC1CC. The van der Waals surface area contributed by atoms with Crippen molar-refractivity contribution in [3.05, 3.63) is 0 Å². The smallest absolute Gasteiger partial charge is 0.0628 e. The molecular formula is C14H28N2. The van der Waals surface area contributed by atoms with Gasteiger partial charge in [-0.15, -0.1) is 0 Å². The summed E-state index contributed by atoms with van der Waals surface area (Å²) in [7, 11) is 0. The Morgan fingerprint density at radius 1 is 1.06 bits per heavy atom. The van der Waals surface area contributed by atoms with Crippen LogP contribution in [0.15, 0.2) is 0 Å². The minimum Gasteiger partial charge on any atom is -0.301 e. The van der Waals surface area contributed by atoms with E-state index in [0.29, 0.717) is 6.17 Å². The highest BCUT2D eigenvalue weighted by Crippen LogP contribution is 2.29. The molecule has 2 aliphatic heterocycles. The molecule has 3 atom stereocenters. The average Bonchev–Trinajstić information content (AvgIpc) is 2.38. The Balaban J connectivity index is 2.01. The lowest BCUT2D eigenvalue weighted by atomic mass is 9.89. The maximum atomic E-state index is 3.78. The molecule has 2 saturated heterocycles. The van der Waals surface area contributed by atoms with Crippen LogP contribution in [0.3, 0.4) is 0 Å². The molecule has 0 aromatic rings. The maximum Gasteiger partial charge on any atom is 0.0628 e. The molecule has 2 nitrogen and oxygen atoms in total. The monoisotopic (exact) mass is 224 g/mol. The minimum atomic E-state index is 0.684. The fourth-order valence-electron chi connectivity index (χ4n) is 3.58. The summed E-state index contributed by atoms with van der Waals surface area (Å²) in [6.07, 6.45) is 10.4. The largest absolute Gasteiger partial charge is 0.301 e. The second-order valence-corrected chi connectivity index (χ2v) is 5.51. The van der Waals surface area contributed by atoms with Crippen molar-refractivity contribution in [2.24, 2.45) is 5.92 Å². The van der Waals surface area contributed by atoms with Crippen LogP contribution in [0.5, 0.6) is 0 Å². The molecule has 3 unspecified atom stereocenters. The summed E-state index contributed by atoms with van der Waals surface area (Å²) >= 11 is 0. The second-order valence-electron chi connectivity index (χ2n) is 5.51. The average molecular weight is 224 g/mol. The first-order chi connectivity index (χ1) is 7.86. The van der Waals surface area contributed by atoms with Crippen molar-refractivity contribution in [3.63, 3.8) is 0 Å². The van der Waals surface area contributed by atoms with Gasteiger partial charge in [0.15, 0.2) is 0 Å². The van der Waals surface area contributed by atoms with E-state index < -0.39 is 0 Å². The van der Waals surface area contributed by atoms with Gasteiger partial charge in [-0.1, -0.05) is 26.7 Å². The standard InChI is InChI=1S/C14H28N2/c1-3-12-8-7-10-15-14(12)16-11-6-5-9-13(16)4-2/h12-15H,3-11H2,1-2H3. The van der Waals surface area contributed by atoms with E-state index in [-0.39, 0.29) is 0 Å². The molecule has 0 radical (unpaired) electrons. The van der Waals surface area contributed by atoms with Gasteiger partial charge in [0.25, 0.3) is 0 Å². The van der Waals surface area contributed by atoms with Gasteiger partial charge in [0.2, 0.25) is 0 Å². The van der Waals surface area contributed by atoms with Gasteiger partial charge in [-0.2, -0.15) is 0 Å². The third-order valence-electron chi connectivity index (χ3n) is 4.58. The van der Waals surface area contributed by atoms with E-state index in [2.05, 4.69) is 24.1 Å². The zero-order chi connectivity index (χ0) is 11.4. The molecule has 0 aromatic heterocycles. The van der Waals surface area contributed by atoms with Crippen LogP contribution in [-0.4, -0.2) is 30.2 Å². The van der Waals surface area contributed by atoms with E-state index in [4.69, 9.17) is 0 Å². The molecule has 1 N–H and O–H groups in total. The molecule has 0 spiro atoms. The Kier molecular flexibility index (Phi) is 4.66. The third kappa shape index (κ3) is 2.60. The lowest BCUT2D eigenvalue weighted by Gasteiger charge is -2.46. The number of hydrogen-bond donors (Lipinski definition) is 1. The molecule has 0 bridgehead atoms. The van der Waals surface area contributed by atoms with Crippen LogP contribution in [-0.2, 0) is 0 Å². The van der Waals surface area contributed by atoms with Gasteiger partial charge in [0, 0.05) is 6.04 Å². The summed E-state index contributed by atoms with van der Waals surface area (Å²) in [6, 6.07) is 0.846. The number of hydrogen-bond acceptors (Lipinski definition) is 2. The normalized spacial score (nSPS) is 37.5. The maximum absolute atomic E-state index is 3.78. The molecule has 2 fully saturated rings. The lowest BCUT2D eigenvalue weighted by Crippen LogP contribution is -2.57. The van der Waals surface area contributed by atoms with Crippen molar-refractivity contribution < 1.29 is 0 Å². The van der Waals surface area contributed by atoms with E-state index in [0.717, 1.165) is 12.0 Å². The predicted octanol–water partition coefficient (Wildman–Crippen LogP) is 2.99. The van der Waals surface area contributed by atoms with E-state index in [9.17, 15) is 0 Å². The predicted molar refractivity (Wildman–Crippen MR) is 69.4 cm³/mol. The number of nitrogens with one attached hydrogen (secondary N) is 1. The number of rotatable bonds is 3. The van der Waals surface area contributed by atoms with Crippen molar-refractivity contribution in [2.75, 3.05) is 13.1 Å². The Morgan fingerprint density at radius 3 is 2.69 bits per heavy atom. The fraction of sp³-hybridized carbons (Fsp3) is 1.00. The topological polar surface area (TPSA) is 15.3 Å². The highest BCUT2D eigenvalue weighted by molar-refractivity contribution is 4.87. The highest BCUT2D eigenvalue weighted by Gasteiger charge is 2.33. The number of piperidine rings is 2. The Bertz CT molecular complexity index is 183. The fourth-order valence-corrected chi connectivity index (χ4v) is 3.58. The summed E-state index contributed by atoms with van der Waals surface area (Å²) in [5.74, 6) is 0.890. The molecule has 94 valence electrons. The summed E-state index contributed by atoms with van der Waals surface area (Å²) in [6.45, 7) is 7.27. The highest BCUT2D eigenvalue weighted by atomic mass is 15.3. The zero-order valence-corrected chi connectivity index (χ0v) is 11.0. The van der Waals surface area contributed by atoms with Gasteiger partial charge >= 0.3 is 0 Å². The molecule has 2 aliphatic rings. The van der Waals surface area contributed by atoms with Gasteiger partial charge < -0.3 is 5.32 Å². The summed E-state index contributed by atoms with van der Waals surface area (Å²) in [5, 5.41) is 3.78. The molecule has 0 saturated carbocycles. The van der Waals surface area contributed by atoms with E-state index in [1.807, 2.05) is 0 Å². The van der Waals surface area contributed by atoms with Crippen molar-refractivity contribution in [1.82, 2.24) is 10.2 Å². The van der Waals surface area contributed by atoms with Gasteiger partial charge in [0.05, 0.1) is 6.17 Å². The number of nitrogens with zero attached hydrogens (tertiary/aromatic N) is 1. The molecule has 2 rings (SSSR count). The van der Waals surface area contributed by atoms with Crippen LogP contribution in [0.25, 0.3) is 0 Å². The van der Waals surface area contributed by atoms with Crippen LogP contribution < -0.4 is 5.32 Å². The van der Waals surface area contributed by atoms with E-state index >= 15 is 0 Å². The third-order valence-corrected chi connectivity index (χ3v) is 4.58. The quantitative estimate of drug-likeness (QED) is 0.793. The Labute approximate surface area is 101 Å². The lowest BCUT2D eigenvalue weighted by molar-refractivity contribution is 0.0222. The first-order valence-corrected chi connectivity index (χ1v) is 7.36. The van der Waals surface area contributed by atoms with Crippen LogP contribution in [0.2, 0.25) is 0 Å². The molecule has 2 heterocycles. The molecule has 0 aromatic carbocycles. The van der Waals surface area contributed by atoms with Crippen LogP contribution in [0, 0.1) is 5.92 Å². The summed E-state index contributed by atoms with van der Waals surface area (Å²) in [4.78, 5) is 2.79. The first kappa shape index (κ1) is 12.4. The van der Waals surface area contributed by atoms with Crippen LogP contribution >= 0.6 is 0 Å². The summed E-state index contributed by atoms with van der Waals surface area (Å²) < 4.78 is 0. The summed E-state index contributed by atoms with van der Waals surface area (Å²) in [5.41, 5.74) is 0. The second kappa shape index (κ2) is 6.02. The molecule has 2 heteroatoms. The van der Waals surface area contributed by atoms with Crippen molar-refractivity contribution in [2.45, 2.75) is 71.0 Å². The van der Waals surface area contributed by atoms with Gasteiger partial charge in [-0.25, -0.2) is 0 Å². The molecule has 0 amide bonds. The van der Waals surface area contributed by atoms with E-state index in [1.165, 1.54) is 58.0 Å². The zero-order valence-electron chi connectivity index (χ0n) is 11.0. The Morgan fingerprint density at radius 2 is 1.94 bits per heavy atom.